The molecular weight excluding hydrogens is 557 g/mol. The van der Waals surface area contributed by atoms with Crippen LogP contribution in [0, 0.1) is 5.82 Å². The summed E-state index contributed by atoms with van der Waals surface area (Å²) >= 11 is 0. The minimum atomic E-state index is -0.312. The number of aromatic nitrogens is 1. The molecule has 2 amide bonds. The number of carbonyl (C=O) groups excluding carboxylic acids is 2. The third kappa shape index (κ3) is 5.00. The molecule has 1 aromatic heterocycles. The van der Waals surface area contributed by atoms with Gasteiger partial charge in [0.2, 0.25) is 0 Å². The first-order chi connectivity index (χ1) is 21.3. The zero-order valence-electron chi connectivity index (χ0n) is 25.0. The van der Waals surface area contributed by atoms with E-state index in [1.165, 1.54) is 12.1 Å². The maximum atomic E-state index is 14.1. The number of benzene rings is 2. The predicted octanol–water partition coefficient (Wildman–Crippen LogP) is 5.23. The fraction of sp³-hybridized carbons (Fsp3) is 0.343. The number of carbonyl (C=O) groups is 2. The van der Waals surface area contributed by atoms with Crippen LogP contribution >= 0.6 is 0 Å². The van der Waals surface area contributed by atoms with E-state index in [1.807, 2.05) is 60.0 Å². The summed E-state index contributed by atoms with van der Waals surface area (Å²) in [5.74, 6) is -0.551. The number of hydrogen-bond acceptors (Lipinski definition) is 5. The molecule has 8 rings (SSSR count). The van der Waals surface area contributed by atoms with E-state index < -0.39 is 0 Å². The Morgan fingerprint density at radius 1 is 0.977 bits per heavy atom. The number of nitrogens with one attached hydrogen (secondary N) is 1. The molecule has 1 fully saturated rings. The SMILES string of the molecule is CC1CCc2cc(F)ccc2N1C(=O)c1ccc(N2CC3CCC(C2)n2c3cccc2=O)c(NC(=O)C2=CC=CN(C)C2)c1. The highest BCUT2D eigenvalue weighted by atomic mass is 19.1. The van der Waals surface area contributed by atoms with E-state index in [9.17, 15) is 18.8 Å². The van der Waals surface area contributed by atoms with Gasteiger partial charge in [-0.3, -0.25) is 14.4 Å². The first-order valence-electron chi connectivity index (χ1n) is 15.4. The number of fused-ring (bicyclic) bond motifs is 4. The van der Waals surface area contributed by atoms with Crippen molar-refractivity contribution in [3.63, 3.8) is 0 Å². The van der Waals surface area contributed by atoms with Crippen LogP contribution in [0.25, 0.3) is 0 Å². The van der Waals surface area contributed by atoms with Gasteiger partial charge in [-0.2, -0.15) is 0 Å². The number of anilines is 3. The maximum absolute atomic E-state index is 14.1. The Morgan fingerprint density at radius 2 is 1.82 bits per heavy atom. The molecule has 226 valence electrons. The molecule has 0 saturated carbocycles. The Balaban J connectivity index is 1.27. The van der Waals surface area contributed by atoms with Gasteiger partial charge in [-0.05, 0) is 92.9 Å². The van der Waals surface area contributed by atoms with E-state index in [0.29, 0.717) is 42.9 Å². The van der Waals surface area contributed by atoms with E-state index in [4.69, 9.17) is 0 Å². The average Bonchev–Trinajstić information content (AvgIpc) is 3.32. The first kappa shape index (κ1) is 28.1. The van der Waals surface area contributed by atoms with Crippen molar-refractivity contribution in [2.24, 2.45) is 0 Å². The lowest BCUT2D eigenvalue weighted by Crippen LogP contribution is -2.42. The van der Waals surface area contributed by atoms with Crippen molar-refractivity contribution in [2.45, 2.75) is 50.6 Å². The molecule has 2 bridgehead atoms. The Kier molecular flexibility index (Phi) is 7.11. The van der Waals surface area contributed by atoms with Crippen molar-refractivity contribution in [3.05, 3.63) is 112 Å². The predicted molar refractivity (Wildman–Crippen MR) is 170 cm³/mol. The Labute approximate surface area is 256 Å². The van der Waals surface area contributed by atoms with Gasteiger partial charge in [0.05, 0.1) is 17.4 Å². The van der Waals surface area contributed by atoms with Gasteiger partial charge in [-0.25, -0.2) is 4.39 Å². The number of halogens is 1. The molecule has 0 aliphatic carbocycles. The highest BCUT2D eigenvalue weighted by Gasteiger charge is 2.36. The highest BCUT2D eigenvalue weighted by molar-refractivity contribution is 6.10. The van der Waals surface area contributed by atoms with Gasteiger partial charge in [0, 0.05) is 67.2 Å². The van der Waals surface area contributed by atoms with Crippen molar-refractivity contribution < 1.29 is 14.0 Å². The molecule has 44 heavy (non-hydrogen) atoms. The molecular formula is C35H36FN5O3. The quantitative estimate of drug-likeness (QED) is 0.448. The normalized spacial score (nSPS) is 22.2. The van der Waals surface area contributed by atoms with Gasteiger partial charge in [-0.15, -0.1) is 0 Å². The van der Waals surface area contributed by atoms with Crippen LogP contribution in [0.15, 0.2) is 83.3 Å². The largest absolute Gasteiger partial charge is 0.376 e. The molecule has 5 aliphatic rings. The fourth-order valence-corrected chi connectivity index (χ4v) is 7.30. The van der Waals surface area contributed by atoms with E-state index in [2.05, 4.69) is 16.3 Å². The van der Waals surface area contributed by atoms with Crippen LogP contribution in [-0.4, -0.2) is 54.0 Å². The molecule has 2 aromatic carbocycles. The second-order valence-corrected chi connectivity index (χ2v) is 12.5. The topological polar surface area (TPSA) is 77.9 Å². The molecule has 3 unspecified atom stereocenters. The first-order valence-corrected chi connectivity index (χ1v) is 15.4. The Morgan fingerprint density at radius 3 is 2.66 bits per heavy atom. The van der Waals surface area contributed by atoms with Crippen LogP contribution in [-0.2, 0) is 11.2 Å². The summed E-state index contributed by atoms with van der Waals surface area (Å²) in [5.41, 5.74) is 5.06. The number of nitrogens with zero attached hydrogens (tertiary/aromatic N) is 4. The minimum Gasteiger partial charge on any atom is -0.376 e. The van der Waals surface area contributed by atoms with Crippen molar-refractivity contribution in [2.75, 3.05) is 41.8 Å². The van der Waals surface area contributed by atoms with E-state index in [1.54, 1.807) is 23.1 Å². The molecule has 1 N–H and O–H groups in total. The molecule has 3 atom stereocenters. The number of aryl methyl sites for hydroxylation is 1. The molecule has 0 radical (unpaired) electrons. The van der Waals surface area contributed by atoms with Gasteiger partial charge in [0.1, 0.15) is 5.82 Å². The van der Waals surface area contributed by atoms with Crippen LogP contribution < -0.4 is 20.7 Å². The average molecular weight is 594 g/mol. The van der Waals surface area contributed by atoms with E-state index in [0.717, 1.165) is 41.9 Å². The van der Waals surface area contributed by atoms with Crippen LogP contribution in [0.1, 0.15) is 59.8 Å². The molecule has 6 heterocycles. The summed E-state index contributed by atoms with van der Waals surface area (Å²) in [7, 11) is 1.91. The lowest BCUT2D eigenvalue weighted by molar-refractivity contribution is -0.113. The summed E-state index contributed by atoms with van der Waals surface area (Å²) in [6.07, 6.45) is 8.91. The number of rotatable bonds is 4. The Bertz CT molecular complexity index is 1780. The number of likely N-dealkylation sites (N-methyl/N-ethyl adjacent to an activating group) is 1. The van der Waals surface area contributed by atoms with Gasteiger partial charge in [0.25, 0.3) is 17.4 Å². The molecule has 1 saturated heterocycles. The van der Waals surface area contributed by atoms with Crippen molar-refractivity contribution in [1.29, 1.82) is 0 Å². The number of amides is 2. The highest BCUT2D eigenvalue weighted by Crippen LogP contribution is 2.41. The van der Waals surface area contributed by atoms with Crippen LogP contribution in [0.4, 0.5) is 21.5 Å². The van der Waals surface area contributed by atoms with Gasteiger partial charge in [0.15, 0.2) is 0 Å². The Hall–Kier alpha value is -4.66. The third-order valence-electron chi connectivity index (χ3n) is 9.50. The zero-order chi connectivity index (χ0) is 30.5. The maximum Gasteiger partial charge on any atom is 0.258 e. The zero-order valence-corrected chi connectivity index (χ0v) is 25.0. The summed E-state index contributed by atoms with van der Waals surface area (Å²) in [5, 5.41) is 3.14. The molecule has 0 spiro atoms. The lowest BCUT2D eigenvalue weighted by atomic mass is 9.93. The molecule has 9 heteroatoms. The van der Waals surface area contributed by atoms with Crippen molar-refractivity contribution in [1.82, 2.24) is 9.47 Å². The number of allylic oxidation sites excluding steroid dienone is 2. The number of hydrogen-bond donors (Lipinski definition) is 1. The molecule has 3 aromatic rings. The summed E-state index contributed by atoms with van der Waals surface area (Å²) < 4.78 is 16.0. The summed E-state index contributed by atoms with van der Waals surface area (Å²) in [4.78, 5) is 46.5. The third-order valence-corrected chi connectivity index (χ3v) is 9.50. The minimum absolute atomic E-state index is 0.0192. The summed E-state index contributed by atoms with van der Waals surface area (Å²) in [6.45, 7) is 3.81. The summed E-state index contributed by atoms with van der Waals surface area (Å²) in [6, 6.07) is 15.6. The van der Waals surface area contributed by atoms with E-state index in [-0.39, 0.29) is 41.2 Å². The van der Waals surface area contributed by atoms with Gasteiger partial charge in [-0.1, -0.05) is 12.1 Å². The van der Waals surface area contributed by atoms with Crippen LogP contribution in [0.5, 0.6) is 0 Å². The van der Waals surface area contributed by atoms with Crippen LogP contribution in [0.3, 0.4) is 0 Å². The molecule has 8 nitrogen and oxygen atoms in total. The van der Waals surface area contributed by atoms with Crippen molar-refractivity contribution >= 4 is 28.9 Å². The second-order valence-electron chi connectivity index (χ2n) is 12.5. The smallest absolute Gasteiger partial charge is 0.258 e. The van der Waals surface area contributed by atoms with Gasteiger partial charge < -0.3 is 24.6 Å². The fourth-order valence-electron chi connectivity index (χ4n) is 7.30. The second kappa shape index (κ2) is 11.1. The standard InChI is InChI=1S/C35H36FN5O3/c1-22-8-9-23-17-27(36)12-15-31(23)40(22)35(44)24-11-14-32(29(18-24)37-34(43)26-5-4-16-38(2)19-26)39-20-25-10-13-28(21-39)41-30(25)6-3-7-33(41)42/h3-7,11-12,14-18,22,25,28H,8-10,13,19-21H2,1-2H3,(H,37,43). The monoisotopic (exact) mass is 593 g/mol. The number of pyridine rings is 1. The van der Waals surface area contributed by atoms with Crippen LogP contribution in [0.2, 0.25) is 0 Å². The molecule has 5 aliphatic heterocycles. The lowest BCUT2D eigenvalue weighted by Gasteiger charge is -2.35. The van der Waals surface area contributed by atoms with Crippen molar-refractivity contribution in [3.8, 4) is 0 Å². The van der Waals surface area contributed by atoms with E-state index >= 15 is 0 Å². The van der Waals surface area contributed by atoms with Gasteiger partial charge >= 0.3 is 0 Å².